The molecule has 0 atom stereocenters. The van der Waals surface area contributed by atoms with E-state index in [-0.39, 0.29) is 0 Å². The smallest absolute Gasteiger partial charge is 0.140 e. The van der Waals surface area contributed by atoms with Crippen LogP contribution < -0.4 is 10.1 Å². The molecular formula is C13H16N2OS. The van der Waals surface area contributed by atoms with E-state index in [9.17, 15) is 0 Å². The summed E-state index contributed by atoms with van der Waals surface area (Å²) in [5.74, 6) is 0.899. The molecule has 0 saturated heterocycles. The maximum Gasteiger partial charge on any atom is 0.140 e. The Kier molecular flexibility index (Phi) is 4.53. The first kappa shape index (κ1) is 12.1. The zero-order valence-corrected chi connectivity index (χ0v) is 10.7. The van der Waals surface area contributed by atoms with Gasteiger partial charge < -0.3 is 10.1 Å². The molecule has 0 unspecified atom stereocenters. The summed E-state index contributed by atoms with van der Waals surface area (Å²) in [6.07, 6.45) is 1.80. The van der Waals surface area contributed by atoms with Gasteiger partial charge >= 0.3 is 0 Å². The molecule has 0 spiro atoms. The number of thiazole rings is 1. The molecule has 2 aromatic rings. The Labute approximate surface area is 105 Å². The molecule has 0 aliphatic carbocycles. The van der Waals surface area contributed by atoms with E-state index in [1.807, 2.05) is 17.5 Å². The highest BCUT2D eigenvalue weighted by Crippen LogP contribution is 2.15. The lowest BCUT2D eigenvalue weighted by atomic mass is 10.2. The molecule has 0 amide bonds. The van der Waals surface area contributed by atoms with Gasteiger partial charge in [0.1, 0.15) is 17.4 Å². The highest BCUT2D eigenvalue weighted by atomic mass is 32.1. The van der Waals surface area contributed by atoms with Crippen LogP contribution in [0.1, 0.15) is 17.5 Å². The summed E-state index contributed by atoms with van der Waals surface area (Å²) in [6.45, 7) is 4.50. The van der Waals surface area contributed by atoms with Crippen molar-refractivity contribution >= 4 is 11.3 Å². The van der Waals surface area contributed by atoms with E-state index in [1.165, 1.54) is 5.56 Å². The summed E-state index contributed by atoms with van der Waals surface area (Å²) in [5.41, 5.74) is 1.24. The first-order chi connectivity index (χ1) is 8.38. The summed E-state index contributed by atoms with van der Waals surface area (Å²) >= 11 is 1.61. The van der Waals surface area contributed by atoms with Gasteiger partial charge in [0, 0.05) is 18.1 Å². The Morgan fingerprint density at radius 3 is 3.12 bits per heavy atom. The number of nitrogens with zero attached hydrogens (tertiary/aromatic N) is 1. The van der Waals surface area contributed by atoms with Gasteiger partial charge in [-0.1, -0.05) is 19.1 Å². The predicted octanol–water partition coefficient (Wildman–Crippen LogP) is 2.83. The van der Waals surface area contributed by atoms with E-state index >= 15 is 0 Å². The molecule has 2 rings (SSSR count). The minimum Gasteiger partial charge on any atom is -0.486 e. The molecule has 0 fully saturated rings. The molecule has 0 aliphatic heterocycles. The Morgan fingerprint density at radius 1 is 1.41 bits per heavy atom. The van der Waals surface area contributed by atoms with Crippen molar-refractivity contribution in [1.29, 1.82) is 0 Å². The van der Waals surface area contributed by atoms with Gasteiger partial charge in [0.2, 0.25) is 0 Å². The average molecular weight is 248 g/mol. The van der Waals surface area contributed by atoms with Crippen LogP contribution in [0.3, 0.4) is 0 Å². The zero-order valence-electron chi connectivity index (χ0n) is 9.85. The first-order valence-electron chi connectivity index (χ1n) is 5.69. The Bertz CT molecular complexity index is 442. The van der Waals surface area contributed by atoms with Gasteiger partial charge in [0.15, 0.2) is 0 Å². The summed E-state index contributed by atoms with van der Waals surface area (Å²) in [6, 6.07) is 8.15. The van der Waals surface area contributed by atoms with Gasteiger partial charge in [-0.2, -0.15) is 0 Å². The van der Waals surface area contributed by atoms with Crippen LogP contribution in [0.4, 0.5) is 0 Å². The second-order valence-electron chi connectivity index (χ2n) is 3.64. The Balaban J connectivity index is 1.91. The molecule has 1 aromatic heterocycles. The number of benzene rings is 1. The summed E-state index contributed by atoms with van der Waals surface area (Å²) in [5, 5.41) is 6.26. The lowest BCUT2D eigenvalue weighted by Crippen LogP contribution is -2.11. The minimum atomic E-state index is 0.544. The van der Waals surface area contributed by atoms with Gasteiger partial charge in [-0.25, -0.2) is 4.98 Å². The highest BCUT2D eigenvalue weighted by Gasteiger charge is 1.99. The van der Waals surface area contributed by atoms with Crippen LogP contribution in [-0.2, 0) is 13.2 Å². The van der Waals surface area contributed by atoms with Crippen LogP contribution in [0.5, 0.6) is 5.75 Å². The maximum absolute atomic E-state index is 5.69. The third-order valence-electron chi connectivity index (χ3n) is 2.32. The fourth-order valence-corrected chi connectivity index (χ4v) is 2.01. The van der Waals surface area contributed by atoms with Gasteiger partial charge in [-0.05, 0) is 24.2 Å². The van der Waals surface area contributed by atoms with Crippen molar-refractivity contribution in [3.05, 3.63) is 46.4 Å². The third-order valence-corrected chi connectivity index (χ3v) is 3.08. The Morgan fingerprint density at radius 2 is 2.35 bits per heavy atom. The monoisotopic (exact) mass is 248 g/mol. The van der Waals surface area contributed by atoms with E-state index in [4.69, 9.17) is 4.74 Å². The summed E-state index contributed by atoms with van der Waals surface area (Å²) in [7, 11) is 0. The maximum atomic E-state index is 5.69. The van der Waals surface area contributed by atoms with Crippen LogP contribution in [0, 0.1) is 0 Å². The van der Waals surface area contributed by atoms with Crippen LogP contribution in [0.25, 0.3) is 0 Å². The number of hydrogen-bond donors (Lipinski definition) is 1. The molecule has 0 bridgehead atoms. The molecule has 1 N–H and O–H groups in total. The molecule has 4 heteroatoms. The molecule has 17 heavy (non-hydrogen) atoms. The topological polar surface area (TPSA) is 34.1 Å². The number of hydrogen-bond acceptors (Lipinski definition) is 4. The molecule has 0 saturated carbocycles. The SMILES string of the molecule is CCNCc1cccc(OCc2nccs2)c1. The lowest BCUT2D eigenvalue weighted by molar-refractivity contribution is 0.305. The average Bonchev–Trinajstić information content (AvgIpc) is 2.87. The first-order valence-corrected chi connectivity index (χ1v) is 6.57. The molecule has 90 valence electrons. The van der Waals surface area contributed by atoms with Crippen molar-refractivity contribution in [2.45, 2.75) is 20.1 Å². The molecule has 1 aromatic carbocycles. The van der Waals surface area contributed by atoms with Crippen LogP contribution in [0.15, 0.2) is 35.8 Å². The highest BCUT2D eigenvalue weighted by molar-refractivity contribution is 7.09. The second-order valence-corrected chi connectivity index (χ2v) is 4.62. The van der Waals surface area contributed by atoms with E-state index in [2.05, 4.69) is 29.4 Å². The number of aromatic nitrogens is 1. The van der Waals surface area contributed by atoms with Gasteiger partial charge in [-0.3, -0.25) is 0 Å². The molecule has 0 radical (unpaired) electrons. The number of nitrogens with one attached hydrogen (secondary N) is 1. The van der Waals surface area contributed by atoms with Gasteiger partial charge in [0.25, 0.3) is 0 Å². The summed E-state index contributed by atoms with van der Waals surface area (Å²) < 4.78 is 5.69. The summed E-state index contributed by atoms with van der Waals surface area (Å²) in [4.78, 5) is 4.18. The van der Waals surface area contributed by atoms with Crippen molar-refractivity contribution in [1.82, 2.24) is 10.3 Å². The molecule has 3 nitrogen and oxygen atoms in total. The van der Waals surface area contributed by atoms with E-state index < -0.39 is 0 Å². The third kappa shape index (κ3) is 3.84. The quantitative estimate of drug-likeness (QED) is 0.853. The van der Waals surface area contributed by atoms with Crippen LogP contribution in [-0.4, -0.2) is 11.5 Å². The van der Waals surface area contributed by atoms with Crippen LogP contribution >= 0.6 is 11.3 Å². The van der Waals surface area contributed by atoms with Gasteiger partial charge in [-0.15, -0.1) is 11.3 Å². The fraction of sp³-hybridized carbons (Fsp3) is 0.308. The molecule has 1 heterocycles. The van der Waals surface area contributed by atoms with Gasteiger partial charge in [0.05, 0.1) is 0 Å². The van der Waals surface area contributed by atoms with E-state index in [0.29, 0.717) is 6.61 Å². The minimum absolute atomic E-state index is 0.544. The molecule has 0 aliphatic rings. The van der Waals surface area contributed by atoms with Crippen molar-refractivity contribution in [3.8, 4) is 5.75 Å². The van der Waals surface area contributed by atoms with E-state index in [1.54, 1.807) is 17.5 Å². The fourth-order valence-electron chi connectivity index (χ4n) is 1.48. The van der Waals surface area contributed by atoms with Crippen molar-refractivity contribution in [3.63, 3.8) is 0 Å². The van der Waals surface area contributed by atoms with Crippen molar-refractivity contribution in [2.75, 3.05) is 6.54 Å². The van der Waals surface area contributed by atoms with Crippen molar-refractivity contribution in [2.24, 2.45) is 0 Å². The number of ether oxygens (including phenoxy) is 1. The zero-order chi connectivity index (χ0) is 11.9. The van der Waals surface area contributed by atoms with Crippen LogP contribution in [0.2, 0.25) is 0 Å². The lowest BCUT2D eigenvalue weighted by Gasteiger charge is -2.07. The van der Waals surface area contributed by atoms with Crippen molar-refractivity contribution < 1.29 is 4.74 Å². The molecular weight excluding hydrogens is 232 g/mol. The normalized spacial score (nSPS) is 10.4. The second kappa shape index (κ2) is 6.37. The number of rotatable bonds is 6. The predicted molar refractivity (Wildman–Crippen MR) is 70.3 cm³/mol. The largest absolute Gasteiger partial charge is 0.486 e. The standard InChI is InChI=1S/C13H16N2OS/c1-2-14-9-11-4-3-5-12(8-11)16-10-13-15-6-7-17-13/h3-8,14H,2,9-10H2,1H3. The Hall–Kier alpha value is -1.39. The van der Waals surface area contributed by atoms with E-state index in [0.717, 1.165) is 23.8 Å².